The first-order valence-electron chi connectivity index (χ1n) is 7.75. The van der Waals surface area contributed by atoms with E-state index in [0.717, 1.165) is 32.4 Å². The second-order valence-electron chi connectivity index (χ2n) is 6.56. The number of hydrogen-bond acceptors (Lipinski definition) is 5. The van der Waals surface area contributed by atoms with Crippen molar-refractivity contribution in [3.8, 4) is 0 Å². The summed E-state index contributed by atoms with van der Waals surface area (Å²) in [5.41, 5.74) is 5.32. The number of nitro groups is 1. The van der Waals surface area contributed by atoms with E-state index in [0.29, 0.717) is 11.6 Å². The van der Waals surface area contributed by atoms with E-state index in [1.807, 2.05) is 19.9 Å². The summed E-state index contributed by atoms with van der Waals surface area (Å²) in [6, 6.07) is 6.82. The molecular weight excluding hydrogens is 298 g/mol. The van der Waals surface area contributed by atoms with Gasteiger partial charge in [0.25, 0.3) is 5.69 Å². The van der Waals surface area contributed by atoms with Crippen molar-refractivity contribution in [3.63, 3.8) is 0 Å². The third-order valence-corrected chi connectivity index (χ3v) is 4.19. The zero-order chi connectivity index (χ0) is 17.0. The summed E-state index contributed by atoms with van der Waals surface area (Å²) in [6.45, 7) is 5.21. The molecule has 1 heterocycles. The number of carbonyl (C=O) groups is 1. The van der Waals surface area contributed by atoms with Crippen LogP contribution in [0.5, 0.6) is 0 Å². The first-order chi connectivity index (χ1) is 10.8. The minimum absolute atomic E-state index is 0.142. The molecule has 1 aromatic rings. The number of rotatable bonds is 5. The number of benzene rings is 1. The third kappa shape index (κ3) is 4.58. The molecule has 0 saturated carbocycles. The highest BCUT2D eigenvalue weighted by Crippen LogP contribution is 2.34. The van der Waals surface area contributed by atoms with Crippen LogP contribution in [0.4, 0.5) is 16.2 Å². The van der Waals surface area contributed by atoms with Crippen LogP contribution in [-0.4, -0.2) is 29.7 Å². The quantitative estimate of drug-likeness (QED) is 0.663. The van der Waals surface area contributed by atoms with Gasteiger partial charge in [-0.1, -0.05) is 12.1 Å². The van der Waals surface area contributed by atoms with Gasteiger partial charge in [0.15, 0.2) is 0 Å². The van der Waals surface area contributed by atoms with Gasteiger partial charge in [-0.2, -0.15) is 0 Å². The minimum atomic E-state index is -0.757. The van der Waals surface area contributed by atoms with E-state index in [-0.39, 0.29) is 10.6 Å². The maximum atomic E-state index is 11.1. The number of anilines is 1. The lowest BCUT2D eigenvalue weighted by Crippen LogP contribution is -2.38. The van der Waals surface area contributed by atoms with Crippen molar-refractivity contribution in [2.45, 2.75) is 38.7 Å². The Hall–Kier alpha value is -2.31. The Labute approximate surface area is 135 Å². The number of nitrogens with two attached hydrogens (primary N) is 1. The highest BCUT2D eigenvalue weighted by molar-refractivity contribution is 5.65. The maximum Gasteiger partial charge on any atom is 0.405 e. The Balaban J connectivity index is 1.97. The van der Waals surface area contributed by atoms with Crippen LogP contribution >= 0.6 is 0 Å². The summed E-state index contributed by atoms with van der Waals surface area (Å²) >= 11 is 0. The van der Waals surface area contributed by atoms with Crippen molar-refractivity contribution >= 4 is 17.5 Å². The smallest absolute Gasteiger partial charge is 0.405 e. The fraction of sp³-hybridized carbons (Fsp3) is 0.562. The van der Waals surface area contributed by atoms with Gasteiger partial charge in [0.2, 0.25) is 0 Å². The molecule has 0 radical (unpaired) electrons. The van der Waals surface area contributed by atoms with Crippen LogP contribution in [0, 0.1) is 16.0 Å². The lowest BCUT2D eigenvalue weighted by molar-refractivity contribution is -0.384. The van der Waals surface area contributed by atoms with Crippen LogP contribution < -0.4 is 10.6 Å². The number of hydrogen-bond donors (Lipinski definition) is 1. The van der Waals surface area contributed by atoms with Crippen LogP contribution in [0.15, 0.2) is 24.3 Å². The predicted octanol–water partition coefficient (Wildman–Crippen LogP) is 3.08. The lowest BCUT2D eigenvalue weighted by Gasteiger charge is -2.36. The number of amides is 1. The van der Waals surface area contributed by atoms with E-state index in [1.165, 1.54) is 6.07 Å². The normalized spacial score (nSPS) is 16.2. The summed E-state index contributed by atoms with van der Waals surface area (Å²) in [4.78, 5) is 23.8. The Morgan fingerprint density at radius 1 is 1.39 bits per heavy atom. The average molecular weight is 321 g/mol. The van der Waals surface area contributed by atoms with Gasteiger partial charge in [-0.25, -0.2) is 4.79 Å². The second-order valence-corrected chi connectivity index (χ2v) is 6.56. The second kappa shape index (κ2) is 6.85. The lowest BCUT2D eigenvalue weighted by atomic mass is 9.86. The summed E-state index contributed by atoms with van der Waals surface area (Å²) in [5.74, 6) is 0.406. The summed E-state index contributed by atoms with van der Waals surface area (Å²) in [5, 5.41) is 11.1. The molecule has 7 heteroatoms. The zero-order valence-electron chi connectivity index (χ0n) is 13.5. The number of nitrogens with zero attached hydrogens (tertiary/aromatic N) is 2. The van der Waals surface area contributed by atoms with Gasteiger partial charge in [0, 0.05) is 19.2 Å². The average Bonchev–Trinajstić information content (AvgIpc) is 2.46. The molecule has 0 atom stereocenters. The number of carbonyl (C=O) groups excluding carboxylic acids is 1. The van der Waals surface area contributed by atoms with Crippen LogP contribution in [0.25, 0.3) is 0 Å². The van der Waals surface area contributed by atoms with Crippen LogP contribution in [0.2, 0.25) is 0 Å². The highest BCUT2D eigenvalue weighted by Gasteiger charge is 2.30. The first kappa shape index (κ1) is 17.1. The van der Waals surface area contributed by atoms with E-state index in [1.54, 1.807) is 12.1 Å². The fourth-order valence-corrected chi connectivity index (χ4v) is 3.27. The standard InChI is InChI=1S/C16H23N3O4/c1-16(2,23-15(17)20)11-12-7-9-18(10-8-12)13-5-3-4-6-14(13)19(21)22/h3-6,12H,7-11H2,1-2H3,(H2,17,20). The monoisotopic (exact) mass is 321 g/mol. The van der Waals surface area contributed by atoms with E-state index < -0.39 is 11.7 Å². The van der Waals surface area contributed by atoms with Crippen molar-refractivity contribution in [3.05, 3.63) is 34.4 Å². The SMILES string of the molecule is CC(C)(CC1CCN(c2ccccc2[N+](=O)[O-])CC1)OC(N)=O. The zero-order valence-corrected chi connectivity index (χ0v) is 13.5. The topological polar surface area (TPSA) is 98.7 Å². The number of nitro benzene ring substituents is 1. The molecule has 0 bridgehead atoms. The molecule has 7 nitrogen and oxygen atoms in total. The van der Waals surface area contributed by atoms with Gasteiger partial charge in [0.05, 0.1) is 4.92 Å². The molecule has 1 fully saturated rings. The molecule has 1 aromatic carbocycles. The Morgan fingerprint density at radius 2 is 2.00 bits per heavy atom. The summed E-state index contributed by atoms with van der Waals surface area (Å²) in [7, 11) is 0. The molecule has 2 rings (SSSR count). The van der Waals surface area contributed by atoms with E-state index >= 15 is 0 Å². The molecule has 23 heavy (non-hydrogen) atoms. The summed E-state index contributed by atoms with van der Waals surface area (Å²) in [6.07, 6.45) is 1.78. The van der Waals surface area contributed by atoms with Gasteiger partial charge >= 0.3 is 6.09 Å². The molecule has 1 amide bonds. The predicted molar refractivity (Wildman–Crippen MR) is 87.4 cm³/mol. The van der Waals surface area contributed by atoms with Gasteiger partial charge in [-0.05, 0) is 45.1 Å². The molecule has 1 aliphatic heterocycles. The summed E-state index contributed by atoms with van der Waals surface area (Å²) < 4.78 is 5.14. The molecular formula is C16H23N3O4. The maximum absolute atomic E-state index is 11.1. The molecule has 2 N–H and O–H groups in total. The minimum Gasteiger partial charge on any atom is -0.444 e. The van der Waals surface area contributed by atoms with Gasteiger partial charge in [0.1, 0.15) is 11.3 Å². The number of piperidine rings is 1. The highest BCUT2D eigenvalue weighted by atomic mass is 16.6. The first-order valence-corrected chi connectivity index (χ1v) is 7.75. The molecule has 126 valence electrons. The van der Waals surface area contributed by atoms with Gasteiger partial charge < -0.3 is 15.4 Å². The number of primary amides is 1. The van der Waals surface area contributed by atoms with Crippen molar-refractivity contribution in [2.24, 2.45) is 11.7 Å². The van der Waals surface area contributed by atoms with Gasteiger partial charge in [-0.15, -0.1) is 0 Å². The van der Waals surface area contributed by atoms with Crippen LogP contribution in [0.3, 0.4) is 0 Å². The largest absolute Gasteiger partial charge is 0.444 e. The van der Waals surface area contributed by atoms with Crippen molar-refractivity contribution in [1.29, 1.82) is 0 Å². The molecule has 0 aromatic heterocycles. The van der Waals surface area contributed by atoms with E-state index in [2.05, 4.69) is 4.90 Å². The number of ether oxygens (including phenoxy) is 1. The molecule has 1 saturated heterocycles. The number of para-hydroxylation sites is 2. The molecule has 0 unspecified atom stereocenters. The Morgan fingerprint density at radius 3 is 2.57 bits per heavy atom. The van der Waals surface area contributed by atoms with Crippen LogP contribution in [0.1, 0.15) is 33.1 Å². The van der Waals surface area contributed by atoms with Crippen LogP contribution in [-0.2, 0) is 4.74 Å². The van der Waals surface area contributed by atoms with Gasteiger partial charge in [-0.3, -0.25) is 10.1 Å². The van der Waals surface area contributed by atoms with Crippen molar-refractivity contribution in [2.75, 3.05) is 18.0 Å². The van der Waals surface area contributed by atoms with E-state index in [4.69, 9.17) is 10.5 Å². The Kier molecular flexibility index (Phi) is 5.08. The molecule has 1 aliphatic rings. The third-order valence-electron chi connectivity index (χ3n) is 4.19. The molecule has 0 aliphatic carbocycles. The van der Waals surface area contributed by atoms with E-state index in [9.17, 15) is 14.9 Å². The van der Waals surface area contributed by atoms with Crippen molar-refractivity contribution < 1.29 is 14.5 Å². The van der Waals surface area contributed by atoms with Crippen molar-refractivity contribution in [1.82, 2.24) is 0 Å². The molecule has 0 spiro atoms. The fourth-order valence-electron chi connectivity index (χ4n) is 3.27. The Bertz CT molecular complexity index is 580.